The van der Waals surface area contributed by atoms with Gasteiger partial charge in [0.2, 0.25) is 0 Å². The molecule has 186 valence electrons. The minimum atomic E-state index is -0.257. The highest BCUT2D eigenvalue weighted by Gasteiger charge is 2.15. The molecule has 0 saturated carbocycles. The van der Waals surface area contributed by atoms with Gasteiger partial charge in [-0.3, -0.25) is 4.79 Å². The molecule has 0 N–H and O–H groups in total. The summed E-state index contributed by atoms with van der Waals surface area (Å²) in [6.07, 6.45) is 3.91. The van der Waals surface area contributed by atoms with Crippen LogP contribution < -0.4 is 15.0 Å². The third-order valence-corrected chi connectivity index (χ3v) is 6.11. The summed E-state index contributed by atoms with van der Waals surface area (Å²) in [6.45, 7) is 8.15. The van der Waals surface area contributed by atoms with Crippen molar-refractivity contribution >= 4 is 33.0 Å². The van der Waals surface area contributed by atoms with E-state index in [1.165, 1.54) is 4.68 Å². The number of ether oxygens (including phenoxy) is 2. The molecule has 0 atom stereocenters. The number of benzene rings is 3. The number of fused-ring (bicyclic) bond motifs is 1. The number of allylic oxidation sites excluding steroid dienone is 1. The summed E-state index contributed by atoms with van der Waals surface area (Å²) >= 11 is 3.41. The Morgan fingerprint density at radius 2 is 1.97 bits per heavy atom. The molecule has 37 heavy (non-hydrogen) atoms. The van der Waals surface area contributed by atoms with Crippen molar-refractivity contribution in [1.29, 1.82) is 5.26 Å². The maximum atomic E-state index is 13.1. The van der Waals surface area contributed by atoms with E-state index in [0.29, 0.717) is 46.8 Å². The monoisotopic (exact) mass is 556 g/mol. The van der Waals surface area contributed by atoms with E-state index in [1.54, 1.807) is 37.4 Å². The molecule has 0 aliphatic rings. The van der Waals surface area contributed by atoms with Gasteiger partial charge in [-0.15, -0.1) is 6.58 Å². The van der Waals surface area contributed by atoms with Crippen LogP contribution in [0, 0.1) is 18.3 Å². The van der Waals surface area contributed by atoms with Gasteiger partial charge in [-0.05, 0) is 62.2 Å². The van der Waals surface area contributed by atoms with Crippen LogP contribution in [0.3, 0.4) is 0 Å². The van der Waals surface area contributed by atoms with Crippen molar-refractivity contribution in [3.05, 3.63) is 110 Å². The van der Waals surface area contributed by atoms with Gasteiger partial charge in [0.15, 0.2) is 11.5 Å². The first kappa shape index (κ1) is 25.9. The maximum absolute atomic E-state index is 13.1. The zero-order chi connectivity index (χ0) is 26.4. The van der Waals surface area contributed by atoms with E-state index in [1.807, 2.05) is 43.3 Å². The molecule has 1 aromatic heterocycles. The Kier molecular flexibility index (Phi) is 8.16. The van der Waals surface area contributed by atoms with E-state index in [2.05, 4.69) is 38.7 Å². The predicted molar refractivity (Wildman–Crippen MR) is 148 cm³/mol. The lowest BCUT2D eigenvalue weighted by Crippen LogP contribution is -2.20. The van der Waals surface area contributed by atoms with Crippen molar-refractivity contribution in [2.45, 2.75) is 26.9 Å². The molecule has 3 aromatic carbocycles. The number of hydrogen-bond donors (Lipinski definition) is 0. The topological polar surface area (TPSA) is 89.5 Å². The second-order valence-corrected chi connectivity index (χ2v) is 9.09. The summed E-state index contributed by atoms with van der Waals surface area (Å²) in [5.74, 6) is 1.60. The van der Waals surface area contributed by atoms with Crippen LogP contribution in [-0.4, -0.2) is 22.5 Å². The van der Waals surface area contributed by atoms with Crippen molar-refractivity contribution in [2.75, 3.05) is 6.61 Å². The standard InChI is InChI=1S/C29H25BrN4O3/c1-4-8-21-13-20(17-32-34-19(3)33-26-12-11-24(30)15-25(26)29(34)35)14-27(36-5-2)28(21)37-18-23-10-7-6-9-22(23)16-31/h4,6-7,9-15,17H,1,5,8,18H2,2-3H3. The molecule has 0 bridgehead atoms. The lowest BCUT2D eigenvalue weighted by atomic mass is 10.1. The average Bonchev–Trinajstić information content (AvgIpc) is 2.89. The Hall–Kier alpha value is -4.22. The molecule has 0 aliphatic carbocycles. The Morgan fingerprint density at radius 1 is 1.16 bits per heavy atom. The van der Waals surface area contributed by atoms with Gasteiger partial charge < -0.3 is 9.47 Å². The quantitative estimate of drug-likeness (QED) is 0.188. The first-order valence-electron chi connectivity index (χ1n) is 11.7. The fraction of sp³-hybridized carbons (Fsp3) is 0.172. The minimum Gasteiger partial charge on any atom is -0.490 e. The summed E-state index contributed by atoms with van der Waals surface area (Å²) in [7, 11) is 0. The van der Waals surface area contributed by atoms with Gasteiger partial charge in [-0.1, -0.05) is 40.2 Å². The minimum absolute atomic E-state index is 0.217. The SMILES string of the molecule is C=CCc1cc(C=Nn2c(C)nc3ccc(Br)cc3c2=O)cc(OCC)c1OCc1ccccc1C#N. The Labute approximate surface area is 223 Å². The molecule has 7 nitrogen and oxygen atoms in total. The zero-order valence-electron chi connectivity index (χ0n) is 20.6. The van der Waals surface area contributed by atoms with Crippen LogP contribution in [0.2, 0.25) is 0 Å². The van der Waals surface area contributed by atoms with Crippen LogP contribution in [0.4, 0.5) is 0 Å². The third kappa shape index (κ3) is 5.79. The number of nitrogens with zero attached hydrogens (tertiary/aromatic N) is 4. The lowest BCUT2D eigenvalue weighted by Gasteiger charge is -2.17. The molecule has 0 amide bonds. The van der Waals surface area contributed by atoms with Crippen LogP contribution >= 0.6 is 15.9 Å². The maximum Gasteiger partial charge on any atom is 0.282 e. The van der Waals surface area contributed by atoms with Gasteiger partial charge >= 0.3 is 0 Å². The highest BCUT2D eigenvalue weighted by Crippen LogP contribution is 2.34. The fourth-order valence-corrected chi connectivity index (χ4v) is 4.28. The van der Waals surface area contributed by atoms with E-state index >= 15 is 0 Å². The Balaban J connectivity index is 1.73. The number of hydrogen-bond acceptors (Lipinski definition) is 6. The molecule has 4 rings (SSSR count). The van der Waals surface area contributed by atoms with Crippen molar-refractivity contribution in [3.63, 3.8) is 0 Å². The van der Waals surface area contributed by atoms with Gasteiger partial charge in [0, 0.05) is 15.6 Å². The van der Waals surface area contributed by atoms with Crippen molar-refractivity contribution in [2.24, 2.45) is 5.10 Å². The van der Waals surface area contributed by atoms with Gasteiger partial charge in [0.1, 0.15) is 12.4 Å². The molecule has 0 aliphatic heterocycles. The molecule has 8 heteroatoms. The van der Waals surface area contributed by atoms with Crippen LogP contribution in [0.5, 0.6) is 11.5 Å². The van der Waals surface area contributed by atoms with Crippen LogP contribution in [0.15, 0.2) is 81.6 Å². The van der Waals surface area contributed by atoms with Crippen LogP contribution in [0.25, 0.3) is 10.9 Å². The summed E-state index contributed by atoms with van der Waals surface area (Å²) in [6, 6.07) is 18.6. The molecule has 4 aromatic rings. The van der Waals surface area contributed by atoms with Crippen molar-refractivity contribution in [3.8, 4) is 17.6 Å². The fourth-order valence-electron chi connectivity index (χ4n) is 3.92. The Morgan fingerprint density at radius 3 is 2.73 bits per heavy atom. The molecule has 0 saturated heterocycles. The van der Waals surface area contributed by atoms with Crippen LogP contribution in [-0.2, 0) is 13.0 Å². The molecular weight excluding hydrogens is 532 g/mol. The molecule has 0 unspecified atom stereocenters. The number of rotatable bonds is 9. The molecule has 0 fully saturated rings. The van der Waals surface area contributed by atoms with E-state index in [4.69, 9.17) is 9.47 Å². The first-order valence-corrected chi connectivity index (χ1v) is 12.5. The van der Waals surface area contributed by atoms with E-state index in [-0.39, 0.29) is 12.2 Å². The molecule has 1 heterocycles. The second kappa shape index (κ2) is 11.7. The predicted octanol–water partition coefficient (Wildman–Crippen LogP) is 5.93. The second-order valence-electron chi connectivity index (χ2n) is 8.17. The van der Waals surface area contributed by atoms with Gasteiger partial charge in [0.05, 0.1) is 35.4 Å². The van der Waals surface area contributed by atoms with Gasteiger partial charge in [-0.25, -0.2) is 4.98 Å². The van der Waals surface area contributed by atoms with Gasteiger partial charge in [0.25, 0.3) is 5.56 Å². The average molecular weight is 557 g/mol. The normalized spacial score (nSPS) is 11.0. The van der Waals surface area contributed by atoms with Gasteiger partial charge in [-0.2, -0.15) is 15.0 Å². The number of aryl methyl sites for hydroxylation is 1. The summed E-state index contributed by atoms with van der Waals surface area (Å²) in [5, 5.41) is 14.3. The number of halogens is 1. The number of nitriles is 1. The van der Waals surface area contributed by atoms with E-state index in [9.17, 15) is 10.1 Å². The van der Waals surface area contributed by atoms with E-state index in [0.717, 1.165) is 21.2 Å². The molecule has 0 radical (unpaired) electrons. The highest BCUT2D eigenvalue weighted by atomic mass is 79.9. The smallest absolute Gasteiger partial charge is 0.282 e. The number of aromatic nitrogens is 2. The van der Waals surface area contributed by atoms with E-state index < -0.39 is 0 Å². The highest BCUT2D eigenvalue weighted by molar-refractivity contribution is 9.10. The molecule has 0 spiro atoms. The summed E-state index contributed by atoms with van der Waals surface area (Å²) in [5.41, 5.74) is 3.28. The first-order chi connectivity index (χ1) is 17.9. The largest absolute Gasteiger partial charge is 0.490 e. The van der Waals surface area contributed by atoms with Crippen LogP contribution in [0.1, 0.15) is 35.0 Å². The summed E-state index contributed by atoms with van der Waals surface area (Å²) < 4.78 is 14.2. The molecular formula is C29H25BrN4O3. The van der Waals surface area contributed by atoms with Crippen molar-refractivity contribution in [1.82, 2.24) is 9.66 Å². The van der Waals surface area contributed by atoms with Crippen molar-refractivity contribution < 1.29 is 9.47 Å². The third-order valence-electron chi connectivity index (χ3n) is 5.62. The summed E-state index contributed by atoms with van der Waals surface area (Å²) in [4.78, 5) is 17.6. The zero-order valence-corrected chi connectivity index (χ0v) is 22.2. The Bertz CT molecular complexity index is 1600. The lowest BCUT2D eigenvalue weighted by molar-refractivity contribution is 0.267.